The molecule has 0 aromatic heterocycles. The quantitative estimate of drug-likeness (QED) is 0.336. The van der Waals surface area contributed by atoms with Crippen LogP contribution in [0.2, 0.25) is 0 Å². The average molecular weight is 472 g/mol. The van der Waals surface area contributed by atoms with Crippen LogP contribution < -0.4 is 16.4 Å². The maximum Gasteiger partial charge on any atom is 0.242 e. The number of carbonyl (C=O) groups excluding carboxylic acids is 2. The van der Waals surface area contributed by atoms with Gasteiger partial charge in [-0.3, -0.25) is 9.59 Å². The average Bonchev–Trinajstić information content (AvgIpc) is 2.78. The monoisotopic (exact) mass is 471 g/mol. The standard InChI is InChI=1S/C26H37N3O3S/c1-4-33-14-12-24(26(32)28-13-8-11-20-9-6-5-7-10-20)29-25(31)23(27)17-22-18(2)15-21(30)16-19(22)3/h5-7,9-10,15-16,23-24,30H,4,8,11-14,17,27H2,1-3H3,(H,28,32)(H,29,31)/t23?,24-/m1/s1. The highest BCUT2D eigenvalue weighted by Crippen LogP contribution is 2.21. The molecule has 2 rings (SSSR count). The van der Waals surface area contributed by atoms with Crippen LogP contribution in [0.5, 0.6) is 5.75 Å². The zero-order valence-electron chi connectivity index (χ0n) is 19.9. The number of hydrogen-bond donors (Lipinski definition) is 4. The first-order chi connectivity index (χ1) is 15.8. The van der Waals surface area contributed by atoms with Gasteiger partial charge in [-0.05, 0) is 85.4 Å². The fourth-order valence-corrected chi connectivity index (χ4v) is 4.46. The van der Waals surface area contributed by atoms with E-state index in [1.54, 1.807) is 23.9 Å². The number of nitrogens with one attached hydrogen (secondary N) is 2. The Bertz CT molecular complexity index is 882. The van der Waals surface area contributed by atoms with Gasteiger partial charge < -0.3 is 21.5 Å². The van der Waals surface area contributed by atoms with Crippen LogP contribution in [0.4, 0.5) is 0 Å². The first-order valence-corrected chi connectivity index (χ1v) is 12.7. The van der Waals surface area contributed by atoms with Gasteiger partial charge in [0, 0.05) is 6.54 Å². The van der Waals surface area contributed by atoms with E-state index in [2.05, 4.69) is 29.7 Å². The van der Waals surface area contributed by atoms with Gasteiger partial charge in [-0.1, -0.05) is 37.3 Å². The molecule has 0 saturated heterocycles. The Kier molecular flexibility index (Phi) is 11.3. The minimum absolute atomic E-state index is 0.169. The van der Waals surface area contributed by atoms with Crippen LogP contribution in [0.25, 0.3) is 0 Å². The molecule has 0 bridgehead atoms. The number of amides is 2. The van der Waals surface area contributed by atoms with E-state index in [1.807, 2.05) is 32.0 Å². The summed E-state index contributed by atoms with van der Waals surface area (Å²) in [6, 6.07) is 12.1. The number of thioether (sulfide) groups is 1. The minimum Gasteiger partial charge on any atom is -0.508 e. The summed E-state index contributed by atoms with van der Waals surface area (Å²) in [5.41, 5.74) is 10.2. The molecule has 33 heavy (non-hydrogen) atoms. The predicted molar refractivity (Wildman–Crippen MR) is 137 cm³/mol. The maximum absolute atomic E-state index is 12.8. The number of benzene rings is 2. The summed E-state index contributed by atoms with van der Waals surface area (Å²) in [7, 11) is 0. The van der Waals surface area contributed by atoms with Gasteiger partial charge in [0.2, 0.25) is 11.8 Å². The molecule has 0 aliphatic carbocycles. The number of aromatic hydroxyl groups is 1. The molecule has 0 aliphatic rings. The molecule has 0 spiro atoms. The Morgan fingerprint density at radius 1 is 1.09 bits per heavy atom. The zero-order chi connectivity index (χ0) is 24.2. The summed E-state index contributed by atoms with van der Waals surface area (Å²) in [5, 5.41) is 15.6. The molecule has 2 amide bonds. The number of aryl methyl sites for hydroxylation is 3. The molecule has 0 radical (unpaired) electrons. The fraction of sp³-hybridized carbons (Fsp3) is 0.462. The van der Waals surface area contributed by atoms with E-state index in [-0.39, 0.29) is 17.6 Å². The van der Waals surface area contributed by atoms with Crippen LogP contribution in [0, 0.1) is 13.8 Å². The Balaban J connectivity index is 1.92. The highest BCUT2D eigenvalue weighted by molar-refractivity contribution is 7.99. The number of hydrogen-bond acceptors (Lipinski definition) is 5. The van der Waals surface area contributed by atoms with E-state index in [4.69, 9.17) is 5.73 Å². The van der Waals surface area contributed by atoms with Gasteiger partial charge in [0.1, 0.15) is 11.8 Å². The van der Waals surface area contributed by atoms with Gasteiger partial charge in [-0.2, -0.15) is 11.8 Å². The van der Waals surface area contributed by atoms with Crippen molar-refractivity contribution < 1.29 is 14.7 Å². The van der Waals surface area contributed by atoms with Crippen LogP contribution in [-0.2, 0) is 22.4 Å². The molecular weight excluding hydrogens is 434 g/mol. The van der Waals surface area contributed by atoms with Gasteiger partial charge in [0.05, 0.1) is 6.04 Å². The van der Waals surface area contributed by atoms with E-state index in [0.717, 1.165) is 41.0 Å². The second-order valence-electron chi connectivity index (χ2n) is 8.30. The second kappa shape index (κ2) is 13.9. The van der Waals surface area contributed by atoms with Crippen LogP contribution in [0.15, 0.2) is 42.5 Å². The predicted octanol–water partition coefficient (Wildman–Crippen LogP) is 3.26. The third-order valence-corrected chi connectivity index (χ3v) is 6.55. The van der Waals surface area contributed by atoms with Crippen molar-refractivity contribution >= 4 is 23.6 Å². The number of nitrogens with two attached hydrogens (primary N) is 1. The van der Waals surface area contributed by atoms with Gasteiger partial charge in [-0.25, -0.2) is 0 Å². The lowest BCUT2D eigenvalue weighted by atomic mass is 9.96. The van der Waals surface area contributed by atoms with Gasteiger partial charge in [0.25, 0.3) is 0 Å². The van der Waals surface area contributed by atoms with Crippen LogP contribution in [-0.4, -0.2) is 47.1 Å². The fourth-order valence-electron chi connectivity index (χ4n) is 3.77. The molecule has 6 nitrogen and oxygen atoms in total. The van der Waals surface area contributed by atoms with Crippen molar-refractivity contribution in [3.05, 3.63) is 64.7 Å². The summed E-state index contributed by atoms with van der Waals surface area (Å²) >= 11 is 1.74. The molecule has 1 unspecified atom stereocenters. The molecule has 0 heterocycles. The Labute approximate surface area is 201 Å². The number of rotatable bonds is 13. The van der Waals surface area contributed by atoms with Crippen molar-refractivity contribution in [3.63, 3.8) is 0 Å². The van der Waals surface area contributed by atoms with E-state index < -0.39 is 12.1 Å². The van der Waals surface area contributed by atoms with Crippen molar-refractivity contribution in [2.24, 2.45) is 5.73 Å². The molecule has 0 aliphatic heterocycles. The van der Waals surface area contributed by atoms with E-state index in [9.17, 15) is 14.7 Å². The second-order valence-corrected chi connectivity index (χ2v) is 9.69. The maximum atomic E-state index is 12.8. The topological polar surface area (TPSA) is 104 Å². The molecule has 5 N–H and O–H groups in total. The third kappa shape index (κ3) is 9.10. The highest BCUT2D eigenvalue weighted by Gasteiger charge is 2.24. The summed E-state index contributed by atoms with van der Waals surface area (Å²) in [6.07, 6.45) is 2.62. The molecule has 2 aromatic carbocycles. The lowest BCUT2D eigenvalue weighted by Crippen LogP contribution is -2.52. The van der Waals surface area contributed by atoms with Crippen molar-refractivity contribution in [3.8, 4) is 5.75 Å². The van der Waals surface area contributed by atoms with Crippen molar-refractivity contribution in [2.75, 3.05) is 18.1 Å². The Hall–Kier alpha value is -2.51. The Morgan fingerprint density at radius 2 is 1.76 bits per heavy atom. The van der Waals surface area contributed by atoms with Crippen molar-refractivity contribution in [1.82, 2.24) is 10.6 Å². The summed E-state index contributed by atoms with van der Waals surface area (Å²) in [4.78, 5) is 25.6. The molecule has 7 heteroatoms. The van der Waals surface area contributed by atoms with E-state index in [0.29, 0.717) is 19.4 Å². The first-order valence-electron chi connectivity index (χ1n) is 11.6. The zero-order valence-corrected chi connectivity index (χ0v) is 20.7. The highest BCUT2D eigenvalue weighted by atomic mass is 32.2. The normalized spacial score (nSPS) is 12.7. The minimum atomic E-state index is -0.779. The van der Waals surface area contributed by atoms with Crippen molar-refractivity contribution in [2.45, 2.75) is 58.5 Å². The van der Waals surface area contributed by atoms with Gasteiger partial charge in [0.15, 0.2) is 0 Å². The van der Waals surface area contributed by atoms with E-state index >= 15 is 0 Å². The molecule has 2 atom stereocenters. The van der Waals surface area contributed by atoms with Crippen molar-refractivity contribution in [1.29, 1.82) is 0 Å². The molecule has 0 saturated carbocycles. The number of carbonyl (C=O) groups is 2. The van der Waals surface area contributed by atoms with E-state index in [1.165, 1.54) is 5.56 Å². The lowest BCUT2D eigenvalue weighted by Gasteiger charge is -2.21. The third-order valence-electron chi connectivity index (χ3n) is 5.61. The summed E-state index contributed by atoms with van der Waals surface area (Å²) in [5.74, 6) is 1.43. The molecular formula is C26H37N3O3S. The summed E-state index contributed by atoms with van der Waals surface area (Å²) in [6.45, 7) is 6.40. The number of phenols is 1. The van der Waals surface area contributed by atoms with Crippen LogP contribution in [0.3, 0.4) is 0 Å². The molecule has 0 fully saturated rings. The van der Waals surface area contributed by atoms with Crippen LogP contribution in [0.1, 0.15) is 42.0 Å². The smallest absolute Gasteiger partial charge is 0.242 e. The Morgan fingerprint density at radius 3 is 2.39 bits per heavy atom. The largest absolute Gasteiger partial charge is 0.508 e. The van der Waals surface area contributed by atoms with Gasteiger partial charge >= 0.3 is 0 Å². The van der Waals surface area contributed by atoms with Crippen LogP contribution >= 0.6 is 11.8 Å². The first kappa shape index (κ1) is 26.7. The van der Waals surface area contributed by atoms with Gasteiger partial charge in [-0.15, -0.1) is 0 Å². The number of phenolic OH excluding ortho intramolecular Hbond substituents is 1. The SMILES string of the molecule is CCSCC[C@@H](NC(=O)C(N)Cc1c(C)cc(O)cc1C)C(=O)NCCCc1ccccc1. The summed E-state index contributed by atoms with van der Waals surface area (Å²) < 4.78 is 0. The lowest BCUT2D eigenvalue weighted by molar-refractivity contribution is -0.129. The molecule has 2 aromatic rings. The molecule has 180 valence electrons.